The number of anilines is 1. The molecule has 1 amide bonds. The first kappa shape index (κ1) is 20.0. The molecular weight excluding hydrogens is 409 g/mol. The van der Waals surface area contributed by atoms with Gasteiger partial charge in [0.05, 0.1) is 11.4 Å². The summed E-state index contributed by atoms with van der Waals surface area (Å²) in [4.78, 5) is 25.2. The summed E-state index contributed by atoms with van der Waals surface area (Å²) in [7, 11) is 0. The molecule has 0 spiro atoms. The second-order valence-electron chi connectivity index (χ2n) is 7.80. The van der Waals surface area contributed by atoms with Gasteiger partial charge in [-0.15, -0.1) is 0 Å². The normalized spacial score (nSPS) is 14.2. The van der Waals surface area contributed by atoms with E-state index in [4.69, 9.17) is 4.98 Å². The van der Waals surface area contributed by atoms with Crippen molar-refractivity contribution in [3.63, 3.8) is 0 Å². The summed E-state index contributed by atoms with van der Waals surface area (Å²) in [6.07, 6.45) is 3.59. The Balaban J connectivity index is 1.66. The summed E-state index contributed by atoms with van der Waals surface area (Å²) in [5.41, 5.74) is 3.87. The van der Waals surface area contributed by atoms with Crippen LogP contribution in [0, 0.1) is 5.82 Å². The number of rotatable bonds is 3. The molecule has 0 unspecified atom stereocenters. The number of fused-ring (bicyclic) bond motifs is 1. The SMILES string of the molecule is CC(=O)N1CCN(c2nccn3c(-c4ccc(O)cc4)c(-c4ccc(F)cc4)nc23)CC1. The van der Waals surface area contributed by atoms with Crippen LogP contribution in [0.15, 0.2) is 60.9 Å². The number of benzene rings is 2. The molecule has 7 nitrogen and oxygen atoms in total. The number of phenolic OH excluding ortho intramolecular Hbond substituents is 1. The van der Waals surface area contributed by atoms with E-state index in [1.165, 1.54) is 12.1 Å². The molecule has 1 saturated heterocycles. The molecule has 0 bridgehead atoms. The zero-order chi connectivity index (χ0) is 22.2. The maximum absolute atomic E-state index is 13.6. The minimum absolute atomic E-state index is 0.0739. The van der Waals surface area contributed by atoms with Crippen molar-refractivity contribution < 1.29 is 14.3 Å². The van der Waals surface area contributed by atoms with Crippen molar-refractivity contribution in [1.29, 1.82) is 0 Å². The first-order valence-corrected chi connectivity index (χ1v) is 10.4. The summed E-state index contributed by atoms with van der Waals surface area (Å²) in [6.45, 7) is 4.18. The van der Waals surface area contributed by atoms with Crippen molar-refractivity contribution in [2.45, 2.75) is 6.92 Å². The molecule has 5 rings (SSSR count). The fourth-order valence-electron chi connectivity index (χ4n) is 4.12. The van der Waals surface area contributed by atoms with Crippen molar-refractivity contribution >= 4 is 17.4 Å². The van der Waals surface area contributed by atoms with Crippen LogP contribution in [0.4, 0.5) is 10.2 Å². The monoisotopic (exact) mass is 431 g/mol. The van der Waals surface area contributed by atoms with Crippen LogP contribution < -0.4 is 4.90 Å². The van der Waals surface area contributed by atoms with E-state index in [0.717, 1.165) is 22.6 Å². The quantitative estimate of drug-likeness (QED) is 0.537. The van der Waals surface area contributed by atoms with Crippen LogP contribution in [-0.2, 0) is 4.79 Å². The summed E-state index contributed by atoms with van der Waals surface area (Å²) in [5, 5.41) is 9.75. The number of imidazole rings is 1. The average molecular weight is 431 g/mol. The van der Waals surface area contributed by atoms with E-state index < -0.39 is 0 Å². The highest BCUT2D eigenvalue weighted by atomic mass is 19.1. The predicted molar refractivity (Wildman–Crippen MR) is 120 cm³/mol. The number of hydrogen-bond acceptors (Lipinski definition) is 5. The van der Waals surface area contributed by atoms with E-state index >= 15 is 0 Å². The number of aromatic nitrogens is 3. The van der Waals surface area contributed by atoms with E-state index in [-0.39, 0.29) is 17.5 Å². The van der Waals surface area contributed by atoms with Gasteiger partial charge in [0, 0.05) is 56.6 Å². The molecule has 0 radical (unpaired) electrons. The summed E-state index contributed by atoms with van der Waals surface area (Å²) in [5.74, 6) is 0.680. The molecular formula is C24H22FN5O2. The van der Waals surface area contributed by atoms with E-state index in [1.807, 2.05) is 27.6 Å². The second-order valence-corrected chi connectivity index (χ2v) is 7.80. The Morgan fingerprint density at radius 3 is 2.28 bits per heavy atom. The molecule has 0 aliphatic carbocycles. The highest BCUT2D eigenvalue weighted by Gasteiger charge is 2.24. The van der Waals surface area contributed by atoms with Crippen LogP contribution in [0.2, 0.25) is 0 Å². The van der Waals surface area contributed by atoms with Gasteiger partial charge in [0.1, 0.15) is 11.6 Å². The topological polar surface area (TPSA) is 74.0 Å². The minimum Gasteiger partial charge on any atom is -0.508 e. The first-order valence-electron chi connectivity index (χ1n) is 10.4. The highest BCUT2D eigenvalue weighted by Crippen LogP contribution is 2.35. The second kappa shape index (κ2) is 7.96. The van der Waals surface area contributed by atoms with E-state index in [0.29, 0.717) is 37.5 Å². The number of aromatic hydroxyl groups is 1. The van der Waals surface area contributed by atoms with Gasteiger partial charge in [-0.05, 0) is 48.5 Å². The van der Waals surface area contributed by atoms with Crippen molar-refractivity contribution in [2.75, 3.05) is 31.1 Å². The Morgan fingerprint density at radius 1 is 0.969 bits per heavy atom. The summed E-state index contributed by atoms with van der Waals surface area (Å²) < 4.78 is 15.5. The molecule has 1 N–H and O–H groups in total. The Kier molecular flexibility index (Phi) is 4.97. The van der Waals surface area contributed by atoms with Gasteiger partial charge in [0.25, 0.3) is 0 Å². The summed E-state index contributed by atoms with van der Waals surface area (Å²) >= 11 is 0. The van der Waals surface area contributed by atoms with Gasteiger partial charge in [-0.25, -0.2) is 14.4 Å². The van der Waals surface area contributed by atoms with E-state index in [1.54, 1.807) is 37.4 Å². The van der Waals surface area contributed by atoms with Crippen molar-refractivity contribution in [3.8, 4) is 28.3 Å². The molecule has 2 aromatic carbocycles. The summed E-state index contributed by atoms with van der Waals surface area (Å²) in [6, 6.07) is 13.2. The first-order chi connectivity index (χ1) is 15.5. The molecule has 4 aromatic rings. The standard InChI is InChI=1S/C24H22FN5O2/c1-16(31)28-12-14-29(15-13-28)23-24-27-21(17-2-6-19(25)7-3-17)22(30(24)11-10-26-23)18-4-8-20(32)9-5-18/h2-11,32H,12-15H2,1H3. The number of carbonyl (C=O) groups excluding carboxylic acids is 1. The zero-order valence-corrected chi connectivity index (χ0v) is 17.6. The van der Waals surface area contributed by atoms with Gasteiger partial charge in [-0.1, -0.05) is 0 Å². The minimum atomic E-state index is -0.311. The largest absolute Gasteiger partial charge is 0.508 e. The van der Waals surface area contributed by atoms with Crippen LogP contribution in [-0.4, -0.2) is 56.5 Å². The van der Waals surface area contributed by atoms with Crippen molar-refractivity contribution in [1.82, 2.24) is 19.3 Å². The number of carbonyl (C=O) groups is 1. The Labute approximate surface area is 184 Å². The Hall–Kier alpha value is -3.94. The fourth-order valence-corrected chi connectivity index (χ4v) is 4.12. The number of halogens is 1. The van der Waals surface area contributed by atoms with Gasteiger partial charge in [-0.3, -0.25) is 9.20 Å². The molecule has 162 valence electrons. The number of nitrogens with zero attached hydrogens (tertiary/aromatic N) is 5. The van der Waals surface area contributed by atoms with Crippen LogP contribution in [0.1, 0.15) is 6.92 Å². The molecule has 2 aromatic heterocycles. The number of amides is 1. The van der Waals surface area contributed by atoms with Crippen molar-refractivity contribution in [2.24, 2.45) is 0 Å². The number of piperazine rings is 1. The Bertz CT molecular complexity index is 1280. The van der Waals surface area contributed by atoms with Gasteiger partial charge < -0.3 is 14.9 Å². The van der Waals surface area contributed by atoms with Crippen LogP contribution >= 0.6 is 0 Å². The molecule has 8 heteroatoms. The predicted octanol–water partition coefficient (Wildman–Crippen LogP) is 3.58. The maximum Gasteiger partial charge on any atom is 0.219 e. The van der Waals surface area contributed by atoms with Crippen molar-refractivity contribution in [3.05, 3.63) is 66.7 Å². The average Bonchev–Trinajstić information content (AvgIpc) is 3.20. The number of phenols is 1. The van der Waals surface area contributed by atoms with Gasteiger partial charge in [-0.2, -0.15) is 0 Å². The molecule has 0 saturated carbocycles. The molecule has 0 atom stereocenters. The van der Waals surface area contributed by atoms with Crippen LogP contribution in [0.5, 0.6) is 5.75 Å². The van der Waals surface area contributed by atoms with E-state index in [2.05, 4.69) is 9.88 Å². The van der Waals surface area contributed by atoms with Gasteiger partial charge in [0.2, 0.25) is 5.91 Å². The molecule has 3 heterocycles. The lowest BCUT2D eigenvalue weighted by Gasteiger charge is -2.34. The lowest BCUT2D eigenvalue weighted by Crippen LogP contribution is -2.48. The van der Waals surface area contributed by atoms with Crippen LogP contribution in [0.3, 0.4) is 0 Å². The third-order valence-electron chi connectivity index (χ3n) is 5.81. The van der Waals surface area contributed by atoms with Crippen LogP contribution in [0.25, 0.3) is 28.2 Å². The number of hydrogen-bond donors (Lipinski definition) is 1. The third-order valence-corrected chi connectivity index (χ3v) is 5.81. The van der Waals surface area contributed by atoms with Gasteiger partial charge >= 0.3 is 0 Å². The smallest absolute Gasteiger partial charge is 0.219 e. The third kappa shape index (κ3) is 3.53. The zero-order valence-electron chi connectivity index (χ0n) is 17.6. The lowest BCUT2D eigenvalue weighted by molar-refractivity contribution is -0.129. The lowest BCUT2D eigenvalue weighted by atomic mass is 10.0. The maximum atomic E-state index is 13.6. The Morgan fingerprint density at radius 2 is 1.62 bits per heavy atom. The van der Waals surface area contributed by atoms with E-state index in [9.17, 15) is 14.3 Å². The van der Waals surface area contributed by atoms with Gasteiger partial charge in [0.15, 0.2) is 11.5 Å². The molecule has 1 aliphatic rings. The molecule has 1 aliphatic heterocycles. The molecule has 32 heavy (non-hydrogen) atoms. The molecule has 1 fully saturated rings. The fraction of sp³-hybridized carbons (Fsp3) is 0.208. The highest BCUT2D eigenvalue weighted by molar-refractivity contribution is 5.85.